The monoisotopic (exact) mass is 142 g/mol. The number of aliphatic hydroxyl groups excluding tert-OH is 1. The molecule has 0 aromatic rings. The lowest BCUT2D eigenvalue weighted by Crippen LogP contribution is -1.81. The molecule has 0 fully saturated rings. The Morgan fingerprint density at radius 3 is 2.60 bits per heavy atom. The topological polar surface area (TPSA) is 37.3 Å². The Kier molecular flexibility index (Phi) is 7.84. The zero-order valence-electron chi connectivity index (χ0n) is 6.12. The molecule has 0 atom stereocenters. The number of carbonyl (C=O) groups is 1. The summed E-state index contributed by atoms with van der Waals surface area (Å²) in [6, 6.07) is 0. The van der Waals surface area contributed by atoms with E-state index in [1.165, 1.54) is 6.08 Å². The highest BCUT2D eigenvalue weighted by molar-refractivity contribution is 5.64. The predicted molar refractivity (Wildman–Crippen MR) is 40.8 cm³/mol. The number of aliphatic hydroxyl groups is 1. The molecule has 58 valence electrons. The highest BCUT2D eigenvalue weighted by Gasteiger charge is 1.83. The molecule has 0 heterocycles. The third-order valence-electron chi connectivity index (χ3n) is 1.24. The number of allylic oxidation sites excluding steroid dienone is 2. The van der Waals surface area contributed by atoms with Crippen LogP contribution in [0.15, 0.2) is 12.2 Å². The summed E-state index contributed by atoms with van der Waals surface area (Å²) in [5.41, 5.74) is 0. The molecule has 10 heavy (non-hydrogen) atoms. The minimum absolute atomic E-state index is 0.275. The number of hydrogen-bond donors (Lipinski definition) is 1. The van der Waals surface area contributed by atoms with Gasteiger partial charge in [0.15, 0.2) is 0 Å². The molecule has 0 amide bonds. The molecule has 0 saturated heterocycles. The van der Waals surface area contributed by atoms with Gasteiger partial charge in [0.2, 0.25) is 0 Å². The Morgan fingerprint density at radius 1 is 1.20 bits per heavy atom. The van der Waals surface area contributed by atoms with Gasteiger partial charge in [-0.25, -0.2) is 0 Å². The number of aldehydes is 1. The first-order chi connectivity index (χ1) is 4.91. The maximum atomic E-state index is 9.77. The van der Waals surface area contributed by atoms with Crippen LogP contribution >= 0.6 is 0 Å². The van der Waals surface area contributed by atoms with Gasteiger partial charge in [0.1, 0.15) is 6.29 Å². The van der Waals surface area contributed by atoms with Crippen LogP contribution in [-0.4, -0.2) is 18.0 Å². The second-order valence-electron chi connectivity index (χ2n) is 2.14. The molecule has 0 saturated carbocycles. The van der Waals surface area contributed by atoms with Gasteiger partial charge in [0, 0.05) is 6.61 Å². The van der Waals surface area contributed by atoms with Gasteiger partial charge in [-0.1, -0.05) is 12.5 Å². The summed E-state index contributed by atoms with van der Waals surface area (Å²) in [4.78, 5) is 9.77. The van der Waals surface area contributed by atoms with Gasteiger partial charge in [-0.2, -0.15) is 0 Å². The first-order valence-electron chi connectivity index (χ1n) is 3.63. The minimum atomic E-state index is 0.275. The van der Waals surface area contributed by atoms with Crippen LogP contribution in [0, 0.1) is 0 Å². The Labute approximate surface area is 61.6 Å². The molecule has 0 aliphatic heterocycles. The lowest BCUT2D eigenvalue weighted by atomic mass is 10.2. The lowest BCUT2D eigenvalue weighted by Gasteiger charge is -1.92. The van der Waals surface area contributed by atoms with Crippen LogP contribution in [0.1, 0.15) is 25.7 Å². The van der Waals surface area contributed by atoms with Crippen LogP contribution < -0.4 is 0 Å². The highest BCUT2D eigenvalue weighted by atomic mass is 16.2. The predicted octanol–water partition coefficient (Wildman–Crippen LogP) is 1.29. The van der Waals surface area contributed by atoms with E-state index in [9.17, 15) is 4.79 Å². The molecular weight excluding hydrogens is 128 g/mol. The first kappa shape index (κ1) is 9.37. The molecule has 0 aliphatic carbocycles. The fraction of sp³-hybridized carbons (Fsp3) is 0.625. The molecule has 0 rings (SSSR count). The third-order valence-corrected chi connectivity index (χ3v) is 1.24. The van der Waals surface area contributed by atoms with Crippen molar-refractivity contribution in [2.75, 3.05) is 6.61 Å². The van der Waals surface area contributed by atoms with Crippen LogP contribution in [0.2, 0.25) is 0 Å². The Hall–Kier alpha value is -0.630. The van der Waals surface area contributed by atoms with E-state index in [1.807, 2.05) is 6.08 Å². The van der Waals surface area contributed by atoms with Gasteiger partial charge >= 0.3 is 0 Å². The smallest absolute Gasteiger partial charge is 0.142 e. The SMILES string of the molecule is O=CC=CCCCCCO. The lowest BCUT2D eigenvalue weighted by molar-refractivity contribution is -0.104. The average Bonchev–Trinajstić information content (AvgIpc) is 1.97. The molecule has 2 nitrogen and oxygen atoms in total. The van der Waals surface area contributed by atoms with Crippen molar-refractivity contribution in [2.45, 2.75) is 25.7 Å². The van der Waals surface area contributed by atoms with Gasteiger partial charge in [-0.05, 0) is 25.3 Å². The van der Waals surface area contributed by atoms with Crippen molar-refractivity contribution < 1.29 is 9.90 Å². The fourth-order valence-electron chi connectivity index (χ4n) is 0.703. The van der Waals surface area contributed by atoms with Gasteiger partial charge in [0.05, 0.1) is 0 Å². The van der Waals surface area contributed by atoms with E-state index in [2.05, 4.69) is 0 Å². The Balaban J connectivity index is 2.90. The molecule has 0 unspecified atom stereocenters. The summed E-state index contributed by atoms with van der Waals surface area (Å²) in [7, 11) is 0. The third kappa shape index (κ3) is 7.37. The van der Waals surface area contributed by atoms with E-state index >= 15 is 0 Å². The maximum absolute atomic E-state index is 9.77. The zero-order valence-corrected chi connectivity index (χ0v) is 6.12. The number of unbranched alkanes of at least 4 members (excludes halogenated alkanes) is 3. The van der Waals surface area contributed by atoms with E-state index in [1.54, 1.807) is 0 Å². The van der Waals surface area contributed by atoms with Gasteiger partial charge in [-0.15, -0.1) is 0 Å². The summed E-state index contributed by atoms with van der Waals surface area (Å²) in [5.74, 6) is 0. The molecule has 0 aromatic carbocycles. The fourth-order valence-corrected chi connectivity index (χ4v) is 0.703. The molecule has 1 N–H and O–H groups in total. The zero-order chi connectivity index (χ0) is 7.66. The van der Waals surface area contributed by atoms with Crippen molar-refractivity contribution in [1.82, 2.24) is 0 Å². The molecule has 0 spiro atoms. The number of hydrogen-bond acceptors (Lipinski definition) is 2. The summed E-state index contributed by atoms with van der Waals surface area (Å²) in [6.07, 6.45) is 8.06. The largest absolute Gasteiger partial charge is 0.396 e. The van der Waals surface area contributed by atoms with E-state index < -0.39 is 0 Å². The molecule has 0 radical (unpaired) electrons. The van der Waals surface area contributed by atoms with Crippen LogP contribution in [0.4, 0.5) is 0 Å². The summed E-state index contributed by atoms with van der Waals surface area (Å²) in [5, 5.41) is 8.39. The number of rotatable bonds is 6. The molecule has 0 bridgehead atoms. The van der Waals surface area contributed by atoms with Crippen molar-refractivity contribution >= 4 is 6.29 Å². The summed E-state index contributed by atoms with van der Waals surface area (Å²) >= 11 is 0. The van der Waals surface area contributed by atoms with E-state index in [-0.39, 0.29) is 6.61 Å². The van der Waals surface area contributed by atoms with E-state index in [0.717, 1.165) is 32.0 Å². The van der Waals surface area contributed by atoms with Crippen molar-refractivity contribution in [3.8, 4) is 0 Å². The van der Waals surface area contributed by atoms with Crippen molar-refractivity contribution in [2.24, 2.45) is 0 Å². The van der Waals surface area contributed by atoms with Gasteiger partial charge in [-0.3, -0.25) is 4.79 Å². The Morgan fingerprint density at radius 2 is 2.00 bits per heavy atom. The molecule has 0 aromatic heterocycles. The standard InChI is InChI=1S/C8H14O2/c9-7-5-3-1-2-4-6-8-10/h3,5,7,10H,1-2,4,6,8H2. The highest BCUT2D eigenvalue weighted by Crippen LogP contribution is 1.98. The first-order valence-corrected chi connectivity index (χ1v) is 3.63. The Bertz CT molecular complexity index is 97.4. The molecule has 2 heteroatoms. The van der Waals surface area contributed by atoms with Crippen molar-refractivity contribution in [1.29, 1.82) is 0 Å². The van der Waals surface area contributed by atoms with Crippen LogP contribution in [-0.2, 0) is 4.79 Å². The van der Waals surface area contributed by atoms with Gasteiger partial charge < -0.3 is 5.11 Å². The van der Waals surface area contributed by atoms with Crippen LogP contribution in [0.25, 0.3) is 0 Å². The average molecular weight is 142 g/mol. The minimum Gasteiger partial charge on any atom is -0.396 e. The second-order valence-corrected chi connectivity index (χ2v) is 2.14. The molecule has 0 aliphatic rings. The van der Waals surface area contributed by atoms with Crippen molar-refractivity contribution in [3.05, 3.63) is 12.2 Å². The van der Waals surface area contributed by atoms with Gasteiger partial charge in [0.25, 0.3) is 0 Å². The molecular formula is C8H14O2. The normalized spacial score (nSPS) is 10.5. The van der Waals surface area contributed by atoms with E-state index in [0.29, 0.717) is 0 Å². The van der Waals surface area contributed by atoms with Crippen LogP contribution in [0.3, 0.4) is 0 Å². The summed E-state index contributed by atoms with van der Waals surface area (Å²) in [6.45, 7) is 0.275. The quantitative estimate of drug-likeness (QED) is 0.345. The second kappa shape index (κ2) is 8.37. The van der Waals surface area contributed by atoms with E-state index in [4.69, 9.17) is 5.11 Å². The summed E-state index contributed by atoms with van der Waals surface area (Å²) < 4.78 is 0. The van der Waals surface area contributed by atoms with Crippen LogP contribution in [0.5, 0.6) is 0 Å². The number of carbonyl (C=O) groups excluding carboxylic acids is 1. The van der Waals surface area contributed by atoms with Crippen molar-refractivity contribution in [3.63, 3.8) is 0 Å². The maximum Gasteiger partial charge on any atom is 0.142 e.